The van der Waals surface area contributed by atoms with Gasteiger partial charge in [-0.25, -0.2) is 9.07 Å². The van der Waals surface area contributed by atoms with Crippen LogP contribution in [0.3, 0.4) is 0 Å². The van der Waals surface area contributed by atoms with Crippen LogP contribution in [0.1, 0.15) is 38.4 Å². The molecule has 0 bridgehead atoms. The van der Waals surface area contributed by atoms with Crippen LogP contribution in [0, 0.1) is 19.7 Å². The molecule has 0 fully saturated rings. The molecule has 0 atom stereocenters. The summed E-state index contributed by atoms with van der Waals surface area (Å²) in [6.45, 7) is 2.84. The van der Waals surface area contributed by atoms with Crippen LogP contribution in [0.4, 0.5) is 10.2 Å². The molecule has 0 aliphatic carbocycles. The molecule has 1 aliphatic heterocycles. The van der Waals surface area contributed by atoms with Gasteiger partial charge in [0.1, 0.15) is 11.6 Å². The molecule has 4 rings (SSSR count). The molecule has 3 amide bonds. The van der Waals surface area contributed by atoms with Crippen molar-refractivity contribution in [2.24, 2.45) is 0 Å². The Labute approximate surface area is 194 Å². The third-order valence-electron chi connectivity index (χ3n) is 5.20. The molecule has 0 spiro atoms. The van der Waals surface area contributed by atoms with Crippen molar-refractivity contribution in [3.05, 3.63) is 76.7 Å². The molecule has 9 nitrogen and oxygen atoms in total. The smallest absolute Gasteiger partial charge is 0.308 e. The molecule has 10 heteroatoms. The molecule has 34 heavy (non-hydrogen) atoms. The van der Waals surface area contributed by atoms with Crippen molar-refractivity contribution in [1.82, 2.24) is 14.7 Å². The summed E-state index contributed by atoms with van der Waals surface area (Å²) >= 11 is 0. The molecule has 1 aliphatic rings. The number of imide groups is 1. The van der Waals surface area contributed by atoms with Crippen molar-refractivity contribution in [3.8, 4) is 5.69 Å². The molecule has 0 saturated heterocycles. The lowest BCUT2D eigenvalue weighted by molar-refractivity contribution is -0.147. The first kappa shape index (κ1) is 22.8. The fourth-order valence-corrected chi connectivity index (χ4v) is 3.58. The SMILES string of the molecule is Cc1ccc2c(c1)C(=O)N(CCC(=O)OCC(=O)Nc1cc(C)nn1-c1ccc(F)cc1)C2=O. The van der Waals surface area contributed by atoms with Crippen LogP contribution in [-0.4, -0.2) is 51.5 Å². The van der Waals surface area contributed by atoms with Crippen molar-refractivity contribution in [3.63, 3.8) is 0 Å². The van der Waals surface area contributed by atoms with Crippen LogP contribution in [0.5, 0.6) is 0 Å². The number of aromatic nitrogens is 2. The maximum atomic E-state index is 13.2. The van der Waals surface area contributed by atoms with Crippen LogP contribution in [0.25, 0.3) is 5.69 Å². The molecule has 3 aromatic rings. The number of carbonyl (C=O) groups excluding carboxylic acids is 4. The number of anilines is 1. The van der Waals surface area contributed by atoms with E-state index >= 15 is 0 Å². The van der Waals surface area contributed by atoms with Crippen LogP contribution in [0.15, 0.2) is 48.5 Å². The lowest BCUT2D eigenvalue weighted by Crippen LogP contribution is -2.32. The van der Waals surface area contributed by atoms with Crippen LogP contribution in [-0.2, 0) is 14.3 Å². The summed E-state index contributed by atoms with van der Waals surface area (Å²) in [6, 6.07) is 12.2. The highest BCUT2D eigenvalue weighted by molar-refractivity contribution is 6.21. The number of fused-ring (bicyclic) bond motifs is 1. The summed E-state index contributed by atoms with van der Waals surface area (Å²) in [5.41, 5.74) is 2.62. The minimum atomic E-state index is -0.730. The number of nitrogens with one attached hydrogen (secondary N) is 1. The summed E-state index contributed by atoms with van der Waals surface area (Å²) in [5.74, 6) is -2.33. The summed E-state index contributed by atoms with van der Waals surface area (Å²) in [4.78, 5) is 50.3. The van der Waals surface area contributed by atoms with Gasteiger partial charge < -0.3 is 10.1 Å². The zero-order valence-electron chi connectivity index (χ0n) is 18.5. The van der Waals surface area contributed by atoms with Gasteiger partial charge in [0.25, 0.3) is 17.7 Å². The predicted molar refractivity (Wildman–Crippen MR) is 119 cm³/mol. The third kappa shape index (κ3) is 4.70. The van der Waals surface area contributed by atoms with Crippen molar-refractivity contribution >= 4 is 29.5 Å². The molecule has 2 heterocycles. The van der Waals surface area contributed by atoms with Gasteiger partial charge in [-0.15, -0.1) is 0 Å². The van der Waals surface area contributed by atoms with E-state index in [1.807, 2.05) is 6.92 Å². The Morgan fingerprint density at radius 2 is 1.71 bits per heavy atom. The Kier molecular flexibility index (Phi) is 6.22. The zero-order chi connectivity index (χ0) is 24.4. The molecular formula is C24H21FN4O5. The fraction of sp³-hybridized carbons (Fsp3) is 0.208. The number of nitrogens with zero attached hydrogens (tertiary/aromatic N) is 3. The molecule has 0 unspecified atom stereocenters. The minimum Gasteiger partial charge on any atom is -0.456 e. The van der Waals surface area contributed by atoms with Gasteiger partial charge in [0, 0.05) is 12.6 Å². The number of carbonyl (C=O) groups is 4. The van der Waals surface area contributed by atoms with Crippen molar-refractivity contribution < 1.29 is 28.3 Å². The fourth-order valence-electron chi connectivity index (χ4n) is 3.58. The van der Waals surface area contributed by atoms with E-state index in [4.69, 9.17) is 4.74 Å². The molecule has 2 aromatic carbocycles. The van der Waals surface area contributed by atoms with Gasteiger partial charge in [0.15, 0.2) is 6.61 Å². The van der Waals surface area contributed by atoms with Crippen LogP contribution in [0.2, 0.25) is 0 Å². The highest BCUT2D eigenvalue weighted by Crippen LogP contribution is 2.24. The second-order valence-corrected chi connectivity index (χ2v) is 7.83. The lowest BCUT2D eigenvalue weighted by atomic mass is 10.1. The van der Waals surface area contributed by atoms with Crippen LogP contribution < -0.4 is 5.32 Å². The van der Waals surface area contributed by atoms with Gasteiger partial charge in [-0.2, -0.15) is 5.10 Å². The van der Waals surface area contributed by atoms with Crippen molar-refractivity contribution in [1.29, 1.82) is 0 Å². The topological polar surface area (TPSA) is 111 Å². The van der Waals surface area contributed by atoms with E-state index in [-0.39, 0.29) is 13.0 Å². The first-order valence-electron chi connectivity index (χ1n) is 10.5. The molecule has 0 radical (unpaired) electrons. The van der Waals surface area contributed by atoms with Gasteiger partial charge in [-0.1, -0.05) is 11.6 Å². The minimum absolute atomic E-state index is 0.150. The highest BCUT2D eigenvalue weighted by atomic mass is 19.1. The molecular weight excluding hydrogens is 443 g/mol. The lowest BCUT2D eigenvalue weighted by Gasteiger charge is -2.13. The van der Waals surface area contributed by atoms with Crippen LogP contribution >= 0.6 is 0 Å². The Hall–Kier alpha value is -4.34. The van der Waals surface area contributed by atoms with Gasteiger partial charge in [0.05, 0.1) is 28.9 Å². The number of aryl methyl sites for hydroxylation is 2. The Bertz CT molecular complexity index is 1300. The maximum Gasteiger partial charge on any atom is 0.308 e. The molecule has 0 saturated carbocycles. The number of amides is 3. The normalized spacial score (nSPS) is 12.6. The Morgan fingerprint density at radius 3 is 2.44 bits per heavy atom. The number of hydrogen-bond acceptors (Lipinski definition) is 6. The second-order valence-electron chi connectivity index (χ2n) is 7.83. The van der Waals surface area contributed by atoms with E-state index < -0.39 is 36.1 Å². The van der Waals surface area contributed by atoms with Crippen molar-refractivity contribution in [2.75, 3.05) is 18.5 Å². The van der Waals surface area contributed by atoms with Gasteiger partial charge in [-0.05, 0) is 50.2 Å². The van der Waals surface area contributed by atoms with E-state index in [2.05, 4.69) is 10.4 Å². The highest BCUT2D eigenvalue weighted by Gasteiger charge is 2.35. The standard InChI is InChI=1S/C24H21FN4O5/c1-14-3-8-18-19(11-14)24(33)28(23(18)32)10-9-22(31)34-13-21(30)26-20-12-15(2)27-29(20)17-6-4-16(25)5-7-17/h3-8,11-12H,9-10,13H2,1-2H3,(H,26,30). The first-order valence-corrected chi connectivity index (χ1v) is 10.5. The number of ether oxygens (including phenoxy) is 1. The van der Waals surface area contributed by atoms with Gasteiger partial charge >= 0.3 is 5.97 Å². The Morgan fingerprint density at radius 1 is 1.00 bits per heavy atom. The first-order chi connectivity index (χ1) is 16.2. The quantitative estimate of drug-likeness (QED) is 0.425. The van der Waals surface area contributed by atoms with E-state index in [0.717, 1.165) is 10.5 Å². The number of halogens is 1. The molecule has 1 N–H and O–H groups in total. The van der Waals surface area contributed by atoms with E-state index in [9.17, 15) is 23.6 Å². The number of esters is 1. The number of hydrogen-bond donors (Lipinski definition) is 1. The summed E-state index contributed by atoms with van der Waals surface area (Å²) < 4.78 is 19.6. The maximum absolute atomic E-state index is 13.2. The predicted octanol–water partition coefficient (Wildman–Crippen LogP) is 2.80. The van der Waals surface area contributed by atoms with Gasteiger partial charge in [0.2, 0.25) is 0 Å². The van der Waals surface area contributed by atoms with E-state index in [1.54, 1.807) is 31.2 Å². The average molecular weight is 464 g/mol. The van der Waals surface area contributed by atoms with E-state index in [1.165, 1.54) is 28.9 Å². The summed E-state index contributed by atoms with van der Waals surface area (Å²) in [6.07, 6.45) is -0.246. The average Bonchev–Trinajstić information content (AvgIpc) is 3.27. The van der Waals surface area contributed by atoms with E-state index in [0.29, 0.717) is 28.3 Å². The summed E-state index contributed by atoms with van der Waals surface area (Å²) in [7, 11) is 0. The Balaban J connectivity index is 1.30. The molecule has 174 valence electrons. The van der Waals surface area contributed by atoms with Crippen molar-refractivity contribution in [2.45, 2.75) is 20.3 Å². The monoisotopic (exact) mass is 464 g/mol. The molecule has 1 aromatic heterocycles. The summed E-state index contributed by atoms with van der Waals surface area (Å²) in [5, 5.41) is 6.87. The largest absolute Gasteiger partial charge is 0.456 e. The van der Waals surface area contributed by atoms with Gasteiger partial charge in [-0.3, -0.25) is 24.1 Å². The number of rotatable bonds is 7. The second kappa shape index (κ2) is 9.26. The third-order valence-corrected chi connectivity index (χ3v) is 5.20. The zero-order valence-corrected chi connectivity index (χ0v) is 18.5. The number of benzene rings is 2.